The average molecular weight is 314 g/mol. The molecule has 2 nitrogen and oxygen atoms in total. The fourth-order valence-corrected chi connectivity index (χ4v) is 1.65. The van der Waals surface area contributed by atoms with Crippen LogP contribution in [0.1, 0.15) is 18.4 Å². The number of hydrogen-bond donors (Lipinski definition) is 0. The van der Waals surface area contributed by atoms with Gasteiger partial charge in [0, 0.05) is 0 Å². The van der Waals surface area contributed by atoms with Gasteiger partial charge in [-0.05, 0) is 24.8 Å². The summed E-state index contributed by atoms with van der Waals surface area (Å²) in [5, 5.41) is 4.43. The number of benzene rings is 1. The SMILES string of the molecule is Cc1ccccc1N=CC1CCC[N-]1.[Cl][Fe+][Cl]. The Morgan fingerprint density at radius 2 is 2.12 bits per heavy atom. The van der Waals surface area contributed by atoms with E-state index in [2.05, 4.69) is 23.3 Å². The molecule has 1 aliphatic rings. The summed E-state index contributed by atoms with van der Waals surface area (Å²) >= 11 is 0.194. The molecule has 1 saturated heterocycles. The molecule has 1 aliphatic heterocycles. The quantitative estimate of drug-likeness (QED) is 0.563. The molecule has 0 spiro atoms. The maximum atomic E-state index is 4.76. The van der Waals surface area contributed by atoms with E-state index in [1.54, 1.807) is 0 Å². The van der Waals surface area contributed by atoms with E-state index in [1.807, 2.05) is 24.4 Å². The Bertz CT molecular complexity index is 352. The second kappa shape index (κ2) is 8.96. The van der Waals surface area contributed by atoms with Crippen LogP contribution in [0.2, 0.25) is 0 Å². The van der Waals surface area contributed by atoms with Crippen molar-refractivity contribution in [3.05, 3.63) is 35.1 Å². The van der Waals surface area contributed by atoms with Gasteiger partial charge in [-0.15, -0.1) is 6.54 Å². The van der Waals surface area contributed by atoms with E-state index in [4.69, 9.17) is 20.2 Å². The fourth-order valence-electron chi connectivity index (χ4n) is 1.65. The number of halogens is 2. The third-order valence-electron chi connectivity index (χ3n) is 2.52. The predicted octanol–water partition coefficient (Wildman–Crippen LogP) is 4.61. The zero-order valence-corrected chi connectivity index (χ0v) is 12.2. The van der Waals surface area contributed by atoms with Gasteiger partial charge in [0.2, 0.25) is 0 Å². The Hall–Kier alpha value is -0.0505. The van der Waals surface area contributed by atoms with Crippen LogP contribution >= 0.6 is 20.2 Å². The molecule has 1 atom stereocenters. The molecule has 17 heavy (non-hydrogen) atoms. The third-order valence-corrected chi connectivity index (χ3v) is 2.52. The molecule has 0 radical (unpaired) electrons. The first-order valence-corrected chi connectivity index (χ1v) is 8.43. The zero-order valence-electron chi connectivity index (χ0n) is 9.59. The monoisotopic (exact) mass is 313 g/mol. The molecular formula is C12H15Cl2FeN2. The molecule has 1 heterocycles. The van der Waals surface area contributed by atoms with Gasteiger partial charge in [0.25, 0.3) is 0 Å². The van der Waals surface area contributed by atoms with Crippen LogP contribution in [0.3, 0.4) is 0 Å². The van der Waals surface area contributed by atoms with Gasteiger partial charge in [-0.1, -0.05) is 37.1 Å². The van der Waals surface area contributed by atoms with Gasteiger partial charge in [0.05, 0.1) is 5.69 Å². The van der Waals surface area contributed by atoms with Gasteiger partial charge in [0.1, 0.15) is 0 Å². The molecule has 0 amide bonds. The molecule has 0 bridgehead atoms. The van der Waals surface area contributed by atoms with Crippen molar-refractivity contribution in [3.63, 3.8) is 0 Å². The first kappa shape index (κ1) is 15.0. The summed E-state index contributed by atoms with van der Waals surface area (Å²) < 4.78 is 0. The standard InChI is InChI=1S/C12H15N2.2ClH.Fe/c1-10-5-2-3-7-12(10)14-9-11-6-4-8-13-11;;;/h2-3,5,7,9,11H,4,6,8H2,1H3;2*1H;/q-1;;;+3/p-2. The molecule has 0 aliphatic carbocycles. The number of nitrogens with zero attached hydrogens (tertiary/aromatic N) is 2. The Morgan fingerprint density at radius 3 is 2.71 bits per heavy atom. The van der Waals surface area contributed by atoms with E-state index in [1.165, 1.54) is 12.0 Å². The number of rotatable bonds is 2. The van der Waals surface area contributed by atoms with Crippen molar-refractivity contribution >= 4 is 32.1 Å². The summed E-state index contributed by atoms with van der Waals surface area (Å²) in [5.74, 6) is 0. The van der Waals surface area contributed by atoms with Gasteiger partial charge >= 0.3 is 33.3 Å². The molecule has 0 N–H and O–H groups in total. The van der Waals surface area contributed by atoms with Gasteiger partial charge in [0.15, 0.2) is 0 Å². The second-order valence-electron chi connectivity index (χ2n) is 3.73. The van der Waals surface area contributed by atoms with Gasteiger partial charge < -0.3 is 5.32 Å². The van der Waals surface area contributed by atoms with Crippen LogP contribution in [0.4, 0.5) is 5.69 Å². The van der Waals surface area contributed by atoms with Crippen LogP contribution in [0.25, 0.3) is 5.32 Å². The van der Waals surface area contributed by atoms with Crippen molar-refractivity contribution in [1.29, 1.82) is 0 Å². The molecule has 2 rings (SSSR count). The molecule has 1 unspecified atom stereocenters. The summed E-state index contributed by atoms with van der Waals surface area (Å²) in [6, 6.07) is 8.54. The van der Waals surface area contributed by atoms with Crippen molar-refractivity contribution in [3.8, 4) is 0 Å². The van der Waals surface area contributed by atoms with E-state index in [0.29, 0.717) is 6.04 Å². The summed E-state index contributed by atoms with van der Waals surface area (Å²) in [5.41, 5.74) is 2.29. The Kier molecular flexibility index (Phi) is 7.91. The topological polar surface area (TPSA) is 26.5 Å². The molecule has 1 fully saturated rings. The summed E-state index contributed by atoms with van der Waals surface area (Å²) in [6.45, 7) is 3.09. The number of aliphatic imine (C=N–C) groups is 1. The van der Waals surface area contributed by atoms with Crippen LogP contribution in [-0.2, 0) is 13.1 Å². The van der Waals surface area contributed by atoms with Crippen LogP contribution in [0.5, 0.6) is 0 Å². The first-order chi connectivity index (χ1) is 8.27. The van der Waals surface area contributed by atoms with Gasteiger partial charge in [-0.2, -0.15) is 0 Å². The van der Waals surface area contributed by atoms with E-state index in [9.17, 15) is 0 Å². The average Bonchev–Trinajstić information content (AvgIpc) is 2.82. The van der Waals surface area contributed by atoms with Gasteiger partial charge in [-0.25, -0.2) is 0 Å². The summed E-state index contributed by atoms with van der Waals surface area (Å²) in [6.07, 6.45) is 4.36. The number of hydrogen-bond acceptors (Lipinski definition) is 1. The predicted molar refractivity (Wildman–Crippen MR) is 72.3 cm³/mol. The van der Waals surface area contributed by atoms with Crippen molar-refractivity contribution in [2.24, 2.45) is 4.99 Å². The molecule has 0 aromatic heterocycles. The third kappa shape index (κ3) is 5.89. The van der Waals surface area contributed by atoms with Crippen molar-refractivity contribution in [2.45, 2.75) is 25.8 Å². The summed E-state index contributed by atoms with van der Waals surface area (Å²) in [7, 11) is 9.53. The normalized spacial score (nSPS) is 19.1. The van der Waals surface area contributed by atoms with Crippen LogP contribution < -0.4 is 0 Å². The Balaban J connectivity index is 0.000000437. The van der Waals surface area contributed by atoms with Crippen molar-refractivity contribution < 1.29 is 13.1 Å². The van der Waals surface area contributed by atoms with Gasteiger partial charge in [-0.3, -0.25) is 4.99 Å². The zero-order chi connectivity index (χ0) is 12.5. The second-order valence-corrected chi connectivity index (χ2v) is 5.55. The number of para-hydroxylation sites is 1. The molecule has 95 valence electrons. The first-order valence-electron chi connectivity index (χ1n) is 5.39. The minimum absolute atomic E-state index is 0.194. The van der Waals surface area contributed by atoms with E-state index < -0.39 is 0 Å². The Labute approximate surface area is 117 Å². The van der Waals surface area contributed by atoms with Crippen molar-refractivity contribution in [1.82, 2.24) is 0 Å². The number of aryl methyl sites for hydroxylation is 1. The molecule has 1 aromatic carbocycles. The molecule has 1 aromatic rings. The molecular weight excluding hydrogens is 299 g/mol. The fraction of sp³-hybridized carbons (Fsp3) is 0.417. The maximum absolute atomic E-state index is 4.76. The van der Waals surface area contributed by atoms with E-state index in [-0.39, 0.29) is 13.1 Å². The minimum atomic E-state index is 0.194. The van der Waals surface area contributed by atoms with E-state index >= 15 is 0 Å². The van der Waals surface area contributed by atoms with E-state index in [0.717, 1.165) is 18.7 Å². The van der Waals surface area contributed by atoms with Crippen LogP contribution in [0.15, 0.2) is 29.3 Å². The summed E-state index contributed by atoms with van der Waals surface area (Å²) in [4.78, 5) is 4.47. The van der Waals surface area contributed by atoms with Crippen LogP contribution in [-0.4, -0.2) is 18.8 Å². The molecule has 0 saturated carbocycles. The van der Waals surface area contributed by atoms with Crippen molar-refractivity contribution in [2.75, 3.05) is 6.54 Å². The van der Waals surface area contributed by atoms with Crippen LogP contribution in [0, 0.1) is 6.92 Å². The Morgan fingerprint density at radius 1 is 1.41 bits per heavy atom. The molecule has 5 heteroatoms.